The number of likely N-dealkylation sites (tertiary alicyclic amines) is 1. The molecule has 11 heteroatoms. The minimum atomic E-state index is -0.794. The fourth-order valence-corrected chi connectivity index (χ4v) is 5.89. The SMILES string of the molecule is CC(C)(C)OC(=O)N1CCC(n2cc(C(=O)c3ccc4c5c(cccc35)C(=O)N4C3CCC(=O)NC3=O)cn2)CC1. The van der Waals surface area contributed by atoms with Crippen molar-refractivity contribution in [3.05, 3.63) is 59.4 Å². The smallest absolute Gasteiger partial charge is 0.410 e. The van der Waals surface area contributed by atoms with Crippen LogP contribution in [-0.4, -0.2) is 69.0 Å². The summed E-state index contributed by atoms with van der Waals surface area (Å²) in [7, 11) is 0. The molecule has 1 atom stereocenters. The summed E-state index contributed by atoms with van der Waals surface area (Å²) in [4.78, 5) is 66.9. The first kappa shape index (κ1) is 26.7. The Hall–Kier alpha value is -4.54. The van der Waals surface area contributed by atoms with E-state index in [-0.39, 0.29) is 42.6 Å². The summed E-state index contributed by atoms with van der Waals surface area (Å²) >= 11 is 0. The number of rotatable bonds is 4. The lowest BCUT2D eigenvalue weighted by molar-refractivity contribution is -0.134. The van der Waals surface area contributed by atoms with Crippen LogP contribution in [0.5, 0.6) is 0 Å². The number of benzene rings is 2. The number of ether oxygens (including phenoxy) is 1. The highest BCUT2D eigenvalue weighted by atomic mass is 16.6. The molecule has 2 aromatic carbocycles. The third kappa shape index (κ3) is 4.75. The lowest BCUT2D eigenvalue weighted by Gasteiger charge is -2.33. The molecular formula is C30H31N5O6. The number of aromatic nitrogens is 2. The average Bonchev–Trinajstić information content (AvgIpc) is 3.53. The molecule has 1 aromatic heterocycles. The van der Waals surface area contributed by atoms with E-state index in [1.807, 2.05) is 20.8 Å². The average molecular weight is 558 g/mol. The molecule has 3 aromatic rings. The predicted molar refractivity (Wildman–Crippen MR) is 149 cm³/mol. The van der Waals surface area contributed by atoms with Crippen molar-refractivity contribution < 1.29 is 28.7 Å². The third-order valence-electron chi connectivity index (χ3n) is 7.85. The maximum atomic E-state index is 13.7. The molecule has 2 saturated heterocycles. The van der Waals surface area contributed by atoms with E-state index in [0.29, 0.717) is 59.1 Å². The van der Waals surface area contributed by atoms with Crippen LogP contribution in [0.25, 0.3) is 10.8 Å². The number of amides is 4. The Kier molecular flexibility index (Phi) is 6.39. The van der Waals surface area contributed by atoms with Crippen LogP contribution in [0.1, 0.15) is 78.8 Å². The number of carbonyl (C=O) groups excluding carboxylic acids is 5. The van der Waals surface area contributed by atoms with E-state index in [9.17, 15) is 24.0 Å². The molecular weight excluding hydrogens is 526 g/mol. The molecule has 1 N–H and O–H groups in total. The monoisotopic (exact) mass is 557 g/mol. The number of hydrogen-bond acceptors (Lipinski definition) is 7. The summed E-state index contributed by atoms with van der Waals surface area (Å²) < 4.78 is 7.26. The van der Waals surface area contributed by atoms with Gasteiger partial charge in [0.15, 0.2) is 5.78 Å². The lowest BCUT2D eigenvalue weighted by Crippen LogP contribution is -2.53. The Morgan fingerprint density at radius 1 is 1.02 bits per heavy atom. The van der Waals surface area contributed by atoms with E-state index in [4.69, 9.17) is 4.74 Å². The first-order valence-corrected chi connectivity index (χ1v) is 13.8. The van der Waals surface area contributed by atoms with Crippen LogP contribution in [0.2, 0.25) is 0 Å². The zero-order chi connectivity index (χ0) is 29.1. The van der Waals surface area contributed by atoms with Gasteiger partial charge in [-0.3, -0.25) is 34.1 Å². The quantitative estimate of drug-likeness (QED) is 0.383. The van der Waals surface area contributed by atoms with Gasteiger partial charge in [-0.1, -0.05) is 12.1 Å². The topological polar surface area (TPSA) is 131 Å². The van der Waals surface area contributed by atoms with Gasteiger partial charge in [-0.05, 0) is 63.6 Å². The molecule has 6 rings (SSSR count). The molecule has 0 aliphatic carbocycles. The molecule has 212 valence electrons. The number of carbonyl (C=O) groups is 5. The van der Waals surface area contributed by atoms with Crippen LogP contribution in [-0.2, 0) is 14.3 Å². The van der Waals surface area contributed by atoms with E-state index in [2.05, 4.69) is 10.4 Å². The van der Waals surface area contributed by atoms with E-state index < -0.39 is 17.6 Å². The van der Waals surface area contributed by atoms with Crippen molar-refractivity contribution in [1.82, 2.24) is 20.0 Å². The maximum Gasteiger partial charge on any atom is 0.410 e. The summed E-state index contributed by atoms with van der Waals surface area (Å²) in [5, 5.41) is 8.03. The Balaban J connectivity index is 1.23. The van der Waals surface area contributed by atoms with Crippen molar-refractivity contribution in [2.24, 2.45) is 0 Å². The highest BCUT2D eigenvalue weighted by Crippen LogP contribution is 2.41. The number of nitrogens with one attached hydrogen (secondary N) is 1. The van der Waals surface area contributed by atoms with E-state index >= 15 is 0 Å². The number of hydrogen-bond donors (Lipinski definition) is 1. The van der Waals surface area contributed by atoms with Gasteiger partial charge in [-0.15, -0.1) is 0 Å². The zero-order valence-electron chi connectivity index (χ0n) is 23.2. The van der Waals surface area contributed by atoms with E-state index in [1.165, 1.54) is 4.90 Å². The van der Waals surface area contributed by atoms with Gasteiger partial charge in [0.05, 0.1) is 23.5 Å². The summed E-state index contributed by atoms with van der Waals surface area (Å²) in [5.74, 6) is -1.40. The molecule has 4 heterocycles. The molecule has 0 radical (unpaired) electrons. The van der Waals surface area contributed by atoms with Crippen molar-refractivity contribution in [2.45, 2.75) is 64.1 Å². The van der Waals surface area contributed by atoms with Gasteiger partial charge >= 0.3 is 6.09 Å². The van der Waals surface area contributed by atoms with Crippen molar-refractivity contribution in [2.75, 3.05) is 18.0 Å². The first-order chi connectivity index (χ1) is 19.5. The second-order valence-corrected chi connectivity index (χ2v) is 11.7. The maximum absolute atomic E-state index is 13.7. The number of imide groups is 1. The van der Waals surface area contributed by atoms with Crippen LogP contribution in [0.4, 0.5) is 10.5 Å². The van der Waals surface area contributed by atoms with Crippen LogP contribution < -0.4 is 10.2 Å². The number of ketones is 1. The van der Waals surface area contributed by atoms with Crippen molar-refractivity contribution >= 4 is 46.1 Å². The van der Waals surface area contributed by atoms with Crippen LogP contribution in [0.15, 0.2) is 42.7 Å². The summed E-state index contributed by atoms with van der Waals surface area (Å²) in [6.45, 7) is 6.60. The largest absolute Gasteiger partial charge is 0.444 e. The van der Waals surface area contributed by atoms with Gasteiger partial charge in [0.25, 0.3) is 5.91 Å². The minimum absolute atomic E-state index is 0.0442. The van der Waals surface area contributed by atoms with Crippen LogP contribution in [0, 0.1) is 0 Å². The molecule has 11 nitrogen and oxygen atoms in total. The summed E-state index contributed by atoms with van der Waals surface area (Å²) in [5.41, 5.74) is 1.28. The van der Waals surface area contributed by atoms with Gasteiger partial charge < -0.3 is 9.64 Å². The molecule has 1 unspecified atom stereocenters. The lowest BCUT2D eigenvalue weighted by atomic mass is 9.96. The second kappa shape index (κ2) is 9.83. The van der Waals surface area contributed by atoms with E-state index in [0.717, 1.165) is 0 Å². The Bertz CT molecular complexity index is 1610. The van der Waals surface area contributed by atoms with Gasteiger partial charge in [0.2, 0.25) is 11.8 Å². The van der Waals surface area contributed by atoms with Gasteiger partial charge in [-0.25, -0.2) is 4.79 Å². The fraction of sp³-hybridized carbons (Fsp3) is 0.400. The summed E-state index contributed by atoms with van der Waals surface area (Å²) in [6, 6.07) is 7.85. The van der Waals surface area contributed by atoms with Gasteiger partial charge in [0.1, 0.15) is 11.6 Å². The van der Waals surface area contributed by atoms with Crippen LogP contribution >= 0.6 is 0 Å². The molecule has 41 heavy (non-hydrogen) atoms. The predicted octanol–water partition coefficient (Wildman–Crippen LogP) is 3.60. The molecule has 3 aliphatic rings. The Morgan fingerprint density at radius 2 is 1.78 bits per heavy atom. The second-order valence-electron chi connectivity index (χ2n) is 11.7. The highest BCUT2D eigenvalue weighted by Gasteiger charge is 2.41. The number of nitrogens with zero attached hydrogens (tertiary/aromatic N) is 4. The molecule has 3 aliphatic heterocycles. The summed E-state index contributed by atoms with van der Waals surface area (Å²) in [6.07, 6.45) is 4.73. The van der Waals surface area contributed by atoms with Crippen molar-refractivity contribution in [3.63, 3.8) is 0 Å². The van der Waals surface area contributed by atoms with Crippen molar-refractivity contribution in [3.8, 4) is 0 Å². The standard InChI is InChI=1S/C30H31N5O6/c1-30(2,3)41-29(40)33-13-11-18(12-14-33)34-16-17(15-31-34)26(37)20-7-8-22-25-19(20)5-4-6-21(25)28(39)35(22)23-9-10-24(36)32-27(23)38/h4-8,15-16,18,23H,9-14H2,1-3H3,(H,32,36,38). The molecule has 2 fully saturated rings. The highest BCUT2D eigenvalue weighted by molar-refractivity contribution is 6.30. The van der Waals surface area contributed by atoms with E-state index in [1.54, 1.807) is 52.3 Å². The van der Waals surface area contributed by atoms with Gasteiger partial charge in [-0.2, -0.15) is 5.10 Å². The van der Waals surface area contributed by atoms with Gasteiger partial charge in [0, 0.05) is 42.2 Å². The fourth-order valence-electron chi connectivity index (χ4n) is 5.89. The molecule has 0 spiro atoms. The first-order valence-electron chi connectivity index (χ1n) is 13.8. The number of anilines is 1. The van der Waals surface area contributed by atoms with Crippen molar-refractivity contribution in [1.29, 1.82) is 0 Å². The zero-order valence-corrected chi connectivity index (χ0v) is 23.2. The minimum Gasteiger partial charge on any atom is -0.444 e. The molecule has 0 saturated carbocycles. The Morgan fingerprint density at radius 3 is 2.49 bits per heavy atom. The van der Waals surface area contributed by atoms with Crippen LogP contribution in [0.3, 0.4) is 0 Å². The normalized spacial score (nSPS) is 19.6. The molecule has 0 bridgehead atoms. The molecule has 4 amide bonds. The number of piperidine rings is 2. The third-order valence-corrected chi connectivity index (χ3v) is 7.85. The Labute approximate surface area is 236 Å².